The number of amides is 4. The van der Waals surface area contributed by atoms with Crippen molar-refractivity contribution in [3.63, 3.8) is 0 Å². The number of hydrogen-bond donors (Lipinski definition) is 4. The van der Waals surface area contributed by atoms with Crippen molar-refractivity contribution in [2.24, 2.45) is 0 Å². The van der Waals surface area contributed by atoms with Crippen molar-refractivity contribution < 1.29 is 42.9 Å². The number of H-pyrrole nitrogens is 2. The minimum atomic E-state index is -0.923. The summed E-state index contributed by atoms with van der Waals surface area (Å²) in [6.07, 6.45) is 5.37. The number of carbonyl (C=O) groups is 4. The van der Waals surface area contributed by atoms with Crippen LogP contribution in [0.25, 0.3) is 33.6 Å². The Kier molecular flexibility index (Phi) is 12.2. The molecule has 0 unspecified atom stereocenters. The number of methoxy groups -OCH3 is 3. The smallest absolute Gasteiger partial charge is 0.407 e. The van der Waals surface area contributed by atoms with Gasteiger partial charge in [0.1, 0.15) is 17.9 Å². The maximum atomic E-state index is 14.0. The second-order valence-corrected chi connectivity index (χ2v) is 16.2. The third-order valence-corrected chi connectivity index (χ3v) is 12.7. The summed E-state index contributed by atoms with van der Waals surface area (Å²) in [4.78, 5) is 67.5. The van der Waals surface area contributed by atoms with E-state index in [0.717, 1.165) is 71.4 Å². The standard InChI is InChI=1S/C45H55N7O9/c1-6-33(48-43(55)58-4)41(53)52-25-45(60-21-22-61-45)23-36(52)40-46-24-34(47-40)29-16-12-27(13-17-29)28-14-18-30(19-15-28)38-31-9-7-10-32(31)39(49-38)35-11-8-20-51(35)42(54)37(26(2)57-3)50-44(56)59-5/h12-19,24,26,33,35-37,49H,6-11,20-23,25H2,1-5H3,(H,46,47)(H,48,55)(H,50,56)/t26-,33+,35+,36+,37+/m1/s1. The monoisotopic (exact) mass is 837 g/mol. The Labute approximate surface area is 355 Å². The van der Waals surface area contributed by atoms with E-state index in [-0.39, 0.29) is 24.4 Å². The molecule has 0 bridgehead atoms. The Morgan fingerprint density at radius 2 is 1.46 bits per heavy atom. The fourth-order valence-electron chi connectivity index (χ4n) is 9.43. The third-order valence-electron chi connectivity index (χ3n) is 12.7. The summed E-state index contributed by atoms with van der Waals surface area (Å²) in [7, 11) is 4.08. The van der Waals surface area contributed by atoms with Crippen LogP contribution in [-0.2, 0) is 46.1 Å². The van der Waals surface area contributed by atoms with Gasteiger partial charge in [0.2, 0.25) is 11.8 Å². The highest BCUT2D eigenvalue weighted by molar-refractivity contribution is 5.87. The van der Waals surface area contributed by atoms with Crippen LogP contribution < -0.4 is 10.6 Å². The number of rotatable bonds is 12. The summed E-state index contributed by atoms with van der Waals surface area (Å²) in [6.45, 7) is 5.31. The zero-order chi connectivity index (χ0) is 42.8. The lowest BCUT2D eigenvalue weighted by Crippen LogP contribution is -2.54. The minimum absolute atomic E-state index is 0.127. The van der Waals surface area contributed by atoms with Crippen LogP contribution in [0.15, 0.2) is 54.7 Å². The van der Waals surface area contributed by atoms with Gasteiger partial charge in [-0.1, -0.05) is 55.5 Å². The van der Waals surface area contributed by atoms with Gasteiger partial charge in [0, 0.05) is 31.5 Å². The van der Waals surface area contributed by atoms with Crippen molar-refractivity contribution in [2.45, 2.75) is 94.9 Å². The summed E-state index contributed by atoms with van der Waals surface area (Å²) < 4.78 is 27.1. The quantitative estimate of drug-likeness (QED) is 0.136. The molecule has 324 valence electrons. The van der Waals surface area contributed by atoms with Crippen LogP contribution in [0.1, 0.15) is 80.7 Å². The van der Waals surface area contributed by atoms with Crippen molar-refractivity contribution in [2.75, 3.05) is 47.6 Å². The molecule has 5 heterocycles. The molecule has 4 aliphatic rings. The maximum Gasteiger partial charge on any atom is 0.407 e. The van der Waals surface area contributed by atoms with E-state index in [1.54, 1.807) is 18.0 Å². The first-order chi connectivity index (χ1) is 29.6. The van der Waals surface area contributed by atoms with Crippen molar-refractivity contribution in [3.05, 3.63) is 77.4 Å². The van der Waals surface area contributed by atoms with Gasteiger partial charge in [0.05, 0.1) is 64.1 Å². The topological polar surface area (TPSA) is 189 Å². The molecular weight excluding hydrogens is 783 g/mol. The van der Waals surface area contributed by atoms with E-state index in [1.165, 1.54) is 32.5 Å². The molecule has 0 saturated carbocycles. The molecule has 3 aliphatic heterocycles. The Balaban J connectivity index is 0.981. The van der Waals surface area contributed by atoms with Gasteiger partial charge >= 0.3 is 12.2 Å². The molecule has 61 heavy (non-hydrogen) atoms. The number of ether oxygens (including phenoxy) is 5. The number of benzene rings is 2. The van der Waals surface area contributed by atoms with Crippen molar-refractivity contribution in [1.82, 2.24) is 35.4 Å². The number of carbonyl (C=O) groups excluding carboxylic acids is 4. The molecule has 2 aromatic carbocycles. The van der Waals surface area contributed by atoms with E-state index in [4.69, 9.17) is 28.7 Å². The van der Waals surface area contributed by atoms with E-state index < -0.39 is 42.2 Å². The molecule has 4 amide bonds. The van der Waals surface area contributed by atoms with Gasteiger partial charge in [-0.15, -0.1) is 0 Å². The van der Waals surface area contributed by atoms with Gasteiger partial charge in [0.25, 0.3) is 0 Å². The van der Waals surface area contributed by atoms with E-state index in [2.05, 4.69) is 57.0 Å². The molecule has 3 saturated heterocycles. The van der Waals surface area contributed by atoms with Gasteiger partial charge in [0.15, 0.2) is 5.79 Å². The van der Waals surface area contributed by atoms with Gasteiger partial charge in [-0.2, -0.15) is 0 Å². The Morgan fingerprint density at radius 1 is 0.820 bits per heavy atom. The van der Waals surface area contributed by atoms with Crippen molar-refractivity contribution in [3.8, 4) is 33.6 Å². The Morgan fingerprint density at radius 3 is 2.11 bits per heavy atom. The first-order valence-electron chi connectivity index (χ1n) is 21.2. The number of likely N-dealkylation sites (tertiary alicyclic amines) is 2. The zero-order valence-electron chi connectivity index (χ0n) is 35.4. The molecule has 8 rings (SSSR count). The molecule has 16 heteroatoms. The minimum Gasteiger partial charge on any atom is -0.453 e. The molecule has 0 radical (unpaired) electrons. The lowest BCUT2D eigenvalue weighted by Gasteiger charge is -2.31. The predicted octanol–water partition coefficient (Wildman–Crippen LogP) is 5.80. The molecule has 4 N–H and O–H groups in total. The molecular formula is C45H55N7O9. The van der Waals surface area contributed by atoms with E-state index in [9.17, 15) is 19.2 Å². The number of imidazole rings is 1. The average molecular weight is 838 g/mol. The molecule has 1 spiro atoms. The second-order valence-electron chi connectivity index (χ2n) is 16.2. The van der Waals surface area contributed by atoms with Gasteiger partial charge in [-0.05, 0) is 78.8 Å². The van der Waals surface area contributed by atoms with Crippen LogP contribution in [0.4, 0.5) is 9.59 Å². The lowest BCUT2D eigenvalue weighted by molar-refractivity contribution is -0.153. The average Bonchev–Trinajstić information content (AvgIpc) is 4.16. The van der Waals surface area contributed by atoms with Crippen molar-refractivity contribution in [1.29, 1.82) is 0 Å². The third kappa shape index (κ3) is 8.23. The van der Waals surface area contributed by atoms with E-state index in [1.807, 2.05) is 24.0 Å². The van der Waals surface area contributed by atoms with Crippen LogP contribution in [0, 0.1) is 0 Å². The maximum absolute atomic E-state index is 14.0. The lowest BCUT2D eigenvalue weighted by atomic mass is 9.99. The fourth-order valence-corrected chi connectivity index (χ4v) is 9.43. The number of fused-ring (bicyclic) bond motifs is 1. The Bertz CT molecular complexity index is 2230. The molecule has 16 nitrogen and oxygen atoms in total. The van der Waals surface area contributed by atoms with Gasteiger partial charge in [-0.3, -0.25) is 9.59 Å². The molecule has 2 aromatic heterocycles. The van der Waals surface area contributed by atoms with E-state index >= 15 is 0 Å². The van der Waals surface area contributed by atoms with Gasteiger partial charge < -0.3 is 54.1 Å². The summed E-state index contributed by atoms with van der Waals surface area (Å²) in [5.74, 6) is -0.750. The SMILES string of the molecule is CC[C@H](NC(=O)OC)C(=O)N1CC2(C[C@H]1c1ncc(-c3ccc(-c4ccc(-c5[nH]c([C@@H]6CCCN6C(=O)[C@@H](NC(=O)OC)[C@@H](C)OC)c6c5CCC6)cc4)cc3)[nH]1)OCCO2. The number of aromatic amines is 2. The number of alkyl carbamates (subject to hydrolysis) is 2. The highest BCUT2D eigenvalue weighted by Crippen LogP contribution is 2.44. The molecule has 5 atom stereocenters. The largest absolute Gasteiger partial charge is 0.453 e. The summed E-state index contributed by atoms with van der Waals surface area (Å²) in [5, 5.41) is 5.34. The van der Waals surface area contributed by atoms with Crippen LogP contribution in [-0.4, -0.2) is 120 Å². The Hall–Kier alpha value is -5.71. The molecule has 3 fully saturated rings. The first kappa shape index (κ1) is 42.0. The normalized spacial score (nSPS) is 20.7. The predicted molar refractivity (Wildman–Crippen MR) is 224 cm³/mol. The first-order valence-corrected chi connectivity index (χ1v) is 21.2. The summed E-state index contributed by atoms with van der Waals surface area (Å²) in [5.41, 5.74) is 9.75. The van der Waals surface area contributed by atoms with Crippen LogP contribution in [0.3, 0.4) is 0 Å². The van der Waals surface area contributed by atoms with Crippen LogP contribution in [0.5, 0.6) is 0 Å². The van der Waals surface area contributed by atoms with E-state index in [0.29, 0.717) is 38.4 Å². The summed E-state index contributed by atoms with van der Waals surface area (Å²) >= 11 is 0. The number of aromatic nitrogens is 3. The molecule has 4 aromatic rings. The number of nitrogens with zero attached hydrogens (tertiary/aromatic N) is 3. The van der Waals surface area contributed by atoms with Crippen LogP contribution >= 0.6 is 0 Å². The highest BCUT2D eigenvalue weighted by Gasteiger charge is 2.52. The molecule has 1 aliphatic carbocycles. The second kappa shape index (κ2) is 17.7. The number of nitrogens with one attached hydrogen (secondary N) is 4. The highest BCUT2D eigenvalue weighted by atomic mass is 16.7. The van der Waals surface area contributed by atoms with Crippen LogP contribution in [0.2, 0.25) is 0 Å². The van der Waals surface area contributed by atoms with Crippen molar-refractivity contribution >= 4 is 24.0 Å². The summed E-state index contributed by atoms with van der Waals surface area (Å²) in [6, 6.07) is 14.6. The number of hydrogen-bond acceptors (Lipinski definition) is 10. The fraction of sp³-hybridized carbons (Fsp3) is 0.489. The zero-order valence-corrected chi connectivity index (χ0v) is 35.4. The van der Waals surface area contributed by atoms with Gasteiger partial charge in [-0.25, -0.2) is 14.6 Å².